The fraction of sp³-hybridized carbons (Fsp3) is 0.556. The van der Waals surface area contributed by atoms with Crippen LogP contribution in [0.4, 0.5) is 0 Å². The molecule has 1 atom stereocenters. The van der Waals surface area contributed by atoms with Gasteiger partial charge in [0.1, 0.15) is 6.10 Å². The molecule has 1 aliphatic rings. The van der Waals surface area contributed by atoms with E-state index in [1.807, 2.05) is 43.0 Å². The molecule has 1 fully saturated rings. The van der Waals surface area contributed by atoms with Crippen molar-refractivity contribution in [3.63, 3.8) is 0 Å². The Kier molecular flexibility index (Phi) is 6.16. The molecule has 0 unspecified atom stereocenters. The number of ether oxygens (including phenoxy) is 1. The molecular formula is C18H26N2O3. The zero-order valence-corrected chi connectivity index (χ0v) is 14.2. The van der Waals surface area contributed by atoms with Gasteiger partial charge in [-0.2, -0.15) is 0 Å². The molecule has 1 heterocycles. The molecule has 1 saturated heterocycles. The van der Waals surface area contributed by atoms with Crippen molar-refractivity contribution >= 4 is 11.8 Å². The molecule has 2 amide bonds. The van der Waals surface area contributed by atoms with Gasteiger partial charge in [-0.1, -0.05) is 36.8 Å². The first-order valence-corrected chi connectivity index (χ1v) is 8.25. The Balaban J connectivity index is 1.88. The molecule has 2 rings (SSSR count). The summed E-state index contributed by atoms with van der Waals surface area (Å²) in [5.41, 5.74) is 2.32. The largest absolute Gasteiger partial charge is 0.369 e. The molecular weight excluding hydrogens is 292 g/mol. The third-order valence-electron chi connectivity index (χ3n) is 4.04. The van der Waals surface area contributed by atoms with Crippen LogP contribution in [0.3, 0.4) is 0 Å². The van der Waals surface area contributed by atoms with Crippen molar-refractivity contribution in [1.82, 2.24) is 9.80 Å². The Labute approximate surface area is 138 Å². The number of hydrogen-bond donors (Lipinski definition) is 0. The van der Waals surface area contributed by atoms with Crippen molar-refractivity contribution in [1.29, 1.82) is 0 Å². The van der Waals surface area contributed by atoms with Crippen LogP contribution in [0, 0.1) is 6.92 Å². The predicted molar refractivity (Wildman–Crippen MR) is 88.9 cm³/mol. The third-order valence-corrected chi connectivity index (χ3v) is 4.04. The van der Waals surface area contributed by atoms with Crippen molar-refractivity contribution in [2.75, 3.05) is 26.2 Å². The van der Waals surface area contributed by atoms with Crippen LogP contribution >= 0.6 is 0 Å². The molecule has 1 aromatic carbocycles. The predicted octanol–water partition coefficient (Wildman–Crippen LogP) is 1.98. The molecule has 0 radical (unpaired) electrons. The molecule has 0 N–H and O–H groups in total. The van der Waals surface area contributed by atoms with Gasteiger partial charge >= 0.3 is 0 Å². The monoisotopic (exact) mass is 318 g/mol. The lowest BCUT2D eigenvalue weighted by Gasteiger charge is -2.35. The number of carbonyl (C=O) groups is 2. The molecule has 1 aromatic rings. The van der Waals surface area contributed by atoms with E-state index in [9.17, 15) is 9.59 Å². The minimum Gasteiger partial charge on any atom is -0.369 e. The summed E-state index contributed by atoms with van der Waals surface area (Å²) in [6, 6.07) is 8.18. The molecule has 0 spiro atoms. The average Bonchev–Trinajstić information content (AvgIpc) is 2.55. The van der Waals surface area contributed by atoms with Gasteiger partial charge in [0.2, 0.25) is 5.91 Å². The summed E-state index contributed by atoms with van der Waals surface area (Å²) < 4.78 is 5.46. The van der Waals surface area contributed by atoms with Crippen molar-refractivity contribution in [3.8, 4) is 0 Å². The second-order valence-corrected chi connectivity index (χ2v) is 6.07. The third kappa shape index (κ3) is 4.79. The number of nitrogens with zero attached hydrogens (tertiary/aromatic N) is 2. The van der Waals surface area contributed by atoms with E-state index in [0.29, 0.717) is 26.2 Å². The van der Waals surface area contributed by atoms with Crippen molar-refractivity contribution < 1.29 is 14.3 Å². The number of piperazine rings is 1. The number of benzene rings is 1. The zero-order chi connectivity index (χ0) is 16.8. The fourth-order valence-electron chi connectivity index (χ4n) is 2.60. The van der Waals surface area contributed by atoms with Crippen LogP contribution < -0.4 is 0 Å². The van der Waals surface area contributed by atoms with E-state index >= 15 is 0 Å². The number of aryl methyl sites for hydroxylation is 1. The normalized spacial score (nSPS) is 16.6. The number of rotatable bonds is 6. The van der Waals surface area contributed by atoms with Gasteiger partial charge in [-0.3, -0.25) is 9.59 Å². The molecule has 0 saturated carbocycles. The second-order valence-electron chi connectivity index (χ2n) is 6.07. The summed E-state index contributed by atoms with van der Waals surface area (Å²) in [6.45, 7) is 8.24. The topological polar surface area (TPSA) is 49.9 Å². The smallest absolute Gasteiger partial charge is 0.251 e. The Morgan fingerprint density at radius 2 is 1.96 bits per heavy atom. The second kappa shape index (κ2) is 8.11. The first kappa shape index (κ1) is 17.5. The van der Waals surface area contributed by atoms with Gasteiger partial charge in [0, 0.05) is 26.2 Å². The highest BCUT2D eigenvalue weighted by Crippen LogP contribution is 2.12. The quantitative estimate of drug-likeness (QED) is 0.806. The molecule has 1 aliphatic heterocycles. The van der Waals surface area contributed by atoms with Crippen molar-refractivity contribution in [2.24, 2.45) is 0 Å². The number of amides is 2. The summed E-state index contributed by atoms with van der Waals surface area (Å²) in [7, 11) is 0. The highest BCUT2D eigenvalue weighted by molar-refractivity contribution is 5.87. The molecule has 126 valence electrons. The Bertz CT molecular complexity index is 542. The SMILES string of the molecule is CCCO[C@H](C)C(=O)N1CCN(Cc2ccc(C)cc2)C(=O)C1. The zero-order valence-electron chi connectivity index (χ0n) is 14.2. The van der Waals surface area contributed by atoms with Gasteiger partial charge in [-0.15, -0.1) is 0 Å². The Morgan fingerprint density at radius 3 is 2.57 bits per heavy atom. The molecule has 5 nitrogen and oxygen atoms in total. The van der Waals surface area contributed by atoms with Gasteiger partial charge in [-0.25, -0.2) is 0 Å². The van der Waals surface area contributed by atoms with E-state index in [2.05, 4.69) is 0 Å². The van der Waals surface area contributed by atoms with E-state index in [4.69, 9.17) is 4.74 Å². The van der Waals surface area contributed by atoms with Crippen LogP contribution in [0.1, 0.15) is 31.4 Å². The Hall–Kier alpha value is -1.88. The summed E-state index contributed by atoms with van der Waals surface area (Å²) >= 11 is 0. The summed E-state index contributed by atoms with van der Waals surface area (Å²) in [6.07, 6.45) is 0.396. The van der Waals surface area contributed by atoms with Gasteiger partial charge in [0.25, 0.3) is 5.91 Å². The van der Waals surface area contributed by atoms with Crippen LogP contribution in [-0.4, -0.2) is 54.0 Å². The van der Waals surface area contributed by atoms with E-state index in [1.165, 1.54) is 5.56 Å². The first-order chi connectivity index (χ1) is 11.0. The lowest BCUT2D eigenvalue weighted by molar-refractivity contribution is -0.152. The molecule has 0 bridgehead atoms. The Morgan fingerprint density at radius 1 is 1.26 bits per heavy atom. The van der Waals surface area contributed by atoms with Gasteiger partial charge < -0.3 is 14.5 Å². The standard InChI is InChI=1S/C18H26N2O3/c1-4-11-23-15(3)18(22)20-10-9-19(17(21)13-20)12-16-7-5-14(2)6-8-16/h5-8,15H,4,9-13H2,1-3H3/t15-/m1/s1. The maximum absolute atomic E-state index is 12.3. The van der Waals surface area contributed by atoms with E-state index < -0.39 is 6.10 Å². The van der Waals surface area contributed by atoms with Gasteiger partial charge in [-0.05, 0) is 25.8 Å². The van der Waals surface area contributed by atoms with Crippen molar-refractivity contribution in [2.45, 2.75) is 39.8 Å². The minimum atomic E-state index is -0.480. The number of carbonyl (C=O) groups excluding carboxylic acids is 2. The lowest BCUT2D eigenvalue weighted by Crippen LogP contribution is -2.54. The van der Waals surface area contributed by atoms with Crippen LogP contribution in [0.2, 0.25) is 0 Å². The van der Waals surface area contributed by atoms with E-state index in [1.54, 1.807) is 11.8 Å². The van der Waals surface area contributed by atoms with Crippen molar-refractivity contribution in [3.05, 3.63) is 35.4 Å². The summed E-state index contributed by atoms with van der Waals surface area (Å²) in [4.78, 5) is 28.0. The highest BCUT2D eigenvalue weighted by atomic mass is 16.5. The molecule has 5 heteroatoms. The first-order valence-electron chi connectivity index (χ1n) is 8.25. The van der Waals surface area contributed by atoms with Crippen LogP contribution in [0.5, 0.6) is 0 Å². The van der Waals surface area contributed by atoms with Crippen LogP contribution in [0.25, 0.3) is 0 Å². The summed E-state index contributed by atoms with van der Waals surface area (Å²) in [5.74, 6) is -0.102. The highest BCUT2D eigenvalue weighted by Gasteiger charge is 2.29. The average molecular weight is 318 g/mol. The maximum Gasteiger partial charge on any atom is 0.251 e. The van der Waals surface area contributed by atoms with Crippen LogP contribution in [-0.2, 0) is 20.9 Å². The van der Waals surface area contributed by atoms with Crippen LogP contribution in [0.15, 0.2) is 24.3 Å². The van der Waals surface area contributed by atoms with Gasteiger partial charge in [0.05, 0.1) is 6.54 Å². The molecule has 0 aliphatic carbocycles. The van der Waals surface area contributed by atoms with E-state index in [-0.39, 0.29) is 18.4 Å². The molecule has 23 heavy (non-hydrogen) atoms. The minimum absolute atomic E-state index is 0.00661. The van der Waals surface area contributed by atoms with Gasteiger partial charge in [0.15, 0.2) is 0 Å². The maximum atomic E-state index is 12.3. The molecule has 0 aromatic heterocycles. The summed E-state index contributed by atoms with van der Waals surface area (Å²) in [5, 5.41) is 0. The fourth-order valence-corrected chi connectivity index (χ4v) is 2.60. The van der Waals surface area contributed by atoms with E-state index in [0.717, 1.165) is 12.0 Å². The number of hydrogen-bond acceptors (Lipinski definition) is 3. The lowest BCUT2D eigenvalue weighted by atomic mass is 10.1.